The molecule has 16 heavy (non-hydrogen) atoms. The minimum Gasteiger partial charge on any atom is -0.382 e. The second-order valence-electron chi connectivity index (χ2n) is 3.75. The molecule has 0 saturated carbocycles. The summed E-state index contributed by atoms with van der Waals surface area (Å²) in [6.45, 7) is 3.54. The number of rotatable bonds is 7. The Morgan fingerprint density at radius 1 is 1.44 bits per heavy atom. The van der Waals surface area contributed by atoms with Crippen LogP contribution in [0.1, 0.15) is 31.2 Å². The zero-order chi connectivity index (χ0) is 11.8. The van der Waals surface area contributed by atoms with Gasteiger partial charge in [0.1, 0.15) is 5.82 Å². The third kappa shape index (κ3) is 4.62. The Labute approximate surface area is 105 Å². The molecule has 0 aromatic heterocycles. The maximum atomic E-state index is 13.1. The fraction of sp³-hybridized carbons (Fsp3) is 0.538. The average molecular weight is 289 g/mol. The van der Waals surface area contributed by atoms with Gasteiger partial charge in [0.15, 0.2) is 0 Å². The Kier molecular flexibility index (Phi) is 6.65. The molecular weight excluding hydrogens is 271 g/mol. The van der Waals surface area contributed by atoms with Crippen molar-refractivity contribution in [1.29, 1.82) is 0 Å². The van der Waals surface area contributed by atoms with Crippen molar-refractivity contribution in [1.82, 2.24) is 0 Å². The molecule has 0 bridgehead atoms. The summed E-state index contributed by atoms with van der Waals surface area (Å²) in [5.74, 6) is 0.212. The van der Waals surface area contributed by atoms with Crippen LogP contribution in [0.25, 0.3) is 0 Å². The summed E-state index contributed by atoms with van der Waals surface area (Å²) in [5.41, 5.74) is 1.06. The van der Waals surface area contributed by atoms with E-state index in [1.165, 1.54) is 6.07 Å². The minimum absolute atomic E-state index is 0.159. The molecule has 90 valence electrons. The molecule has 1 aromatic rings. The molecule has 0 N–H and O–H groups in total. The van der Waals surface area contributed by atoms with E-state index in [1.54, 1.807) is 12.1 Å². The first-order chi connectivity index (χ1) is 7.77. The lowest BCUT2D eigenvalue weighted by molar-refractivity contribution is 0.142. The van der Waals surface area contributed by atoms with E-state index in [4.69, 9.17) is 4.74 Å². The molecule has 1 atom stereocenters. The van der Waals surface area contributed by atoms with Crippen LogP contribution in [0, 0.1) is 5.82 Å². The van der Waals surface area contributed by atoms with Gasteiger partial charge < -0.3 is 4.74 Å². The van der Waals surface area contributed by atoms with Crippen molar-refractivity contribution in [2.75, 3.05) is 18.5 Å². The van der Waals surface area contributed by atoms with Crippen LogP contribution in [-0.4, -0.2) is 18.5 Å². The molecule has 0 spiro atoms. The van der Waals surface area contributed by atoms with Crippen molar-refractivity contribution in [3.63, 3.8) is 0 Å². The van der Waals surface area contributed by atoms with Crippen molar-refractivity contribution in [3.05, 3.63) is 35.6 Å². The van der Waals surface area contributed by atoms with E-state index in [0.717, 1.165) is 36.9 Å². The van der Waals surface area contributed by atoms with Gasteiger partial charge in [-0.25, -0.2) is 4.39 Å². The molecule has 0 aliphatic heterocycles. The van der Waals surface area contributed by atoms with Crippen molar-refractivity contribution in [2.24, 2.45) is 0 Å². The average Bonchev–Trinajstić information content (AvgIpc) is 2.29. The molecule has 1 unspecified atom stereocenters. The molecule has 0 saturated heterocycles. The highest BCUT2D eigenvalue weighted by Gasteiger charge is 2.10. The summed E-state index contributed by atoms with van der Waals surface area (Å²) >= 11 is 3.48. The van der Waals surface area contributed by atoms with E-state index in [-0.39, 0.29) is 5.82 Å². The molecule has 3 heteroatoms. The largest absolute Gasteiger partial charge is 0.382 e. The molecule has 1 rings (SSSR count). The summed E-state index contributed by atoms with van der Waals surface area (Å²) in [6.07, 6.45) is 2.04. The fourth-order valence-electron chi connectivity index (χ4n) is 1.67. The number of ether oxygens (including phenoxy) is 1. The highest BCUT2D eigenvalue weighted by Crippen LogP contribution is 2.24. The van der Waals surface area contributed by atoms with Gasteiger partial charge in [-0.2, -0.15) is 0 Å². The number of hydrogen-bond donors (Lipinski definition) is 0. The molecule has 0 fully saturated rings. The minimum atomic E-state index is -0.159. The van der Waals surface area contributed by atoms with Crippen molar-refractivity contribution in [3.8, 4) is 0 Å². The third-order valence-corrected chi connectivity index (χ3v) is 3.33. The Balaban J connectivity index is 2.47. The SMILES string of the molecule is CCOCCCC(CBr)c1cccc(F)c1. The number of alkyl halides is 1. The van der Waals surface area contributed by atoms with Crippen LogP contribution >= 0.6 is 15.9 Å². The lowest BCUT2D eigenvalue weighted by Gasteiger charge is -2.14. The molecule has 0 amide bonds. The van der Waals surface area contributed by atoms with Gasteiger partial charge in [-0.3, -0.25) is 0 Å². The van der Waals surface area contributed by atoms with Crippen LogP contribution in [0.15, 0.2) is 24.3 Å². The molecule has 1 nitrogen and oxygen atoms in total. The molecule has 0 heterocycles. The number of hydrogen-bond acceptors (Lipinski definition) is 1. The maximum Gasteiger partial charge on any atom is 0.123 e. The first-order valence-corrected chi connectivity index (χ1v) is 6.79. The van der Waals surface area contributed by atoms with Gasteiger partial charge in [0.25, 0.3) is 0 Å². The quantitative estimate of drug-likeness (QED) is 0.542. The first kappa shape index (κ1) is 13.7. The normalized spacial score (nSPS) is 12.7. The third-order valence-electron chi connectivity index (χ3n) is 2.55. The maximum absolute atomic E-state index is 13.1. The lowest BCUT2D eigenvalue weighted by atomic mass is 9.96. The lowest BCUT2D eigenvalue weighted by Crippen LogP contribution is -2.03. The highest BCUT2D eigenvalue weighted by atomic mass is 79.9. The smallest absolute Gasteiger partial charge is 0.123 e. The van der Waals surface area contributed by atoms with Gasteiger partial charge in [-0.05, 0) is 43.4 Å². The van der Waals surface area contributed by atoms with Crippen LogP contribution < -0.4 is 0 Å². The van der Waals surface area contributed by atoms with Gasteiger partial charge in [0, 0.05) is 18.5 Å². The van der Waals surface area contributed by atoms with E-state index in [0.29, 0.717) is 5.92 Å². The van der Waals surface area contributed by atoms with E-state index < -0.39 is 0 Å². The van der Waals surface area contributed by atoms with Crippen LogP contribution in [0.4, 0.5) is 4.39 Å². The summed E-state index contributed by atoms with van der Waals surface area (Å²) in [4.78, 5) is 0. The topological polar surface area (TPSA) is 9.23 Å². The van der Waals surface area contributed by atoms with Crippen LogP contribution in [0.2, 0.25) is 0 Å². The summed E-state index contributed by atoms with van der Waals surface area (Å²) < 4.78 is 18.4. The number of benzene rings is 1. The second-order valence-corrected chi connectivity index (χ2v) is 4.39. The van der Waals surface area contributed by atoms with E-state index >= 15 is 0 Å². The van der Waals surface area contributed by atoms with Crippen LogP contribution in [0.3, 0.4) is 0 Å². The summed E-state index contributed by atoms with van der Waals surface area (Å²) in [7, 11) is 0. The van der Waals surface area contributed by atoms with Gasteiger partial charge in [0.05, 0.1) is 0 Å². The Bertz CT molecular complexity index is 304. The summed E-state index contributed by atoms with van der Waals surface area (Å²) in [5, 5.41) is 0.864. The molecule has 0 aliphatic carbocycles. The first-order valence-electron chi connectivity index (χ1n) is 5.67. The standard InChI is InChI=1S/C13H18BrFO/c1-2-16-8-4-6-12(10-14)11-5-3-7-13(15)9-11/h3,5,7,9,12H,2,4,6,8,10H2,1H3. The van der Waals surface area contributed by atoms with E-state index in [9.17, 15) is 4.39 Å². The molecule has 1 aromatic carbocycles. The zero-order valence-corrected chi connectivity index (χ0v) is 11.2. The predicted molar refractivity (Wildman–Crippen MR) is 68.7 cm³/mol. The molecule has 0 aliphatic rings. The Morgan fingerprint density at radius 2 is 2.25 bits per heavy atom. The van der Waals surface area contributed by atoms with Crippen LogP contribution in [-0.2, 0) is 4.74 Å². The van der Waals surface area contributed by atoms with Gasteiger partial charge in [-0.1, -0.05) is 28.1 Å². The van der Waals surface area contributed by atoms with E-state index in [1.807, 2.05) is 13.0 Å². The summed E-state index contributed by atoms with van der Waals surface area (Å²) in [6, 6.07) is 6.85. The molecular formula is C13H18BrFO. The Hall–Kier alpha value is -0.410. The monoisotopic (exact) mass is 288 g/mol. The van der Waals surface area contributed by atoms with Crippen LogP contribution in [0.5, 0.6) is 0 Å². The zero-order valence-electron chi connectivity index (χ0n) is 9.59. The van der Waals surface area contributed by atoms with Crippen molar-refractivity contribution >= 4 is 15.9 Å². The van der Waals surface area contributed by atoms with Crippen molar-refractivity contribution < 1.29 is 9.13 Å². The number of halogens is 2. The van der Waals surface area contributed by atoms with Gasteiger partial charge >= 0.3 is 0 Å². The second kappa shape index (κ2) is 7.80. The fourth-order valence-corrected chi connectivity index (χ4v) is 2.37. The van der Waals surface area contributed by atoms with E-state index in [2.05, 4.69) is 15.9 Å². The van der Waals surface area contributed by atoms with Crippen molar-refractivity contribution in [2.45, 2.75) is 25.7 Å². The molecule has 0 radical (unpaired) electrons. The predicted octanol–water partition coefficient (Wildman–Crippen LogP) is 4.12. The van der Waals surface area contributed by atoms with Gasteiger partial charge in [0.2, 0.25) is 0 Å². The Morgan fingerprint density at radius 3 is 2.88 bits per heavy atom. The van der Waals surface area contributed by atoms with Gasteiger partial charge in [-0.15, -0.1) is 0 Å². The highest BCUT2D eigenvalue weighted by molar-refractivity contribution is 9.09.